The van der Waals surface area contributed by atoms with Crippen molar-refractivity contribution < 1.29 is 19.2 Å². The molecule has 0 saturated heterocycles. The van der Waals surface area contributed by atoms with Gasteiger partial charge in [-0.1, -0.05) is 13.0 Å². The highest BCUT2D eigenvalue weighted by atomic mass is 16.6. The van der Waals surface area contributed by atoms with Crippen LogP contribution in [0.5, 0.6) is 11.6 Å². The molecule has 8 nitrogen and oxygen atoms in total. The van der Waals surface area contributed by atoms with Gasteiger partial charge in [0.05, 0.1) is 24.6 Å². The van der Waals surface area contributed by atoms with Crippen molar-refractivity contribution in [1.82, 2.24) is 10.3 Å². The number of amides is 1. The Kier molecular flexibility index (Phi) is 7.35. The molecule has 0 atom stereocenters. The molecule has 0 spiro atoms. The molecule has 1 N–H and O–H groups in total. The molecule has 138 valence electrons. The maximum absolute atomic E-state index is 11.9. The van der Waals surface area contributed by atoms with Crippen LogP contribution in [0, 0.1) is 10.1 Å². The third-order valence-corrected chi connectivity index (χ3v) is 3.41. The molecule has 2 rings (SSSR count). The standard InChI is InChI=1S/C18H21N3O5/c1-2-11-26-18-14(4-3-10-19-18)13-20-17(22)9-12-25-16-7-5-15(6-8-16)21(23)24/h3-8,10H,2,9,11-13H2,1H3,(H,20,22). The minimum atomic E-state index is -0.478. The third-order valence-electron chi connectivity index (χ3n) is 3.41. The van der Waals surface area contributed by atoms with Gasteiger partial charge in [0.2, 0.25) is 11.8 Å². The fourth-order valence-corrected chi connectivity index (χ4v) is 2.10. The summed E-state index contributed by atoms with van der Waals surface area (Å²) in [6.07, 6.45) is 2.69. The topological polar surface area (TPSA) is 104 Å². The molecular formula is C18H21N3O5. The summed E-state index contributed by atoms with van der Waals surface area (Å²) in [6, 6.07) is 9.36. The zero-order valence-electron chi connectivity index (χ0n) is 14.5. The first-order valence-electron chi connectivity index (χ1n) is 8.30. The van der Waals surface area contributed by atoms with Crippen LogP contribution in [0.25, 0.3) is 0 Å². The number of carbonyl (C=O) groups excluding carboxylic acids is 1. The fraction of sp³-hybridized carbons (Fsp3) is 0.333. The SMILES string of the molecule is CCCOc1ncccc1CNC(=O)CCOc1ccc([N+](=O)[O-])cc1. The number of nitrogens with one attached hydrogen (secondary N) is 1. The molecule has 0 saturated carbocycles. The molecule has 2 aromatic rings. The van der Waals surface area contributed by atoms with E-state index in [0.717, 1.165) is 12.0 Å². The van der Waals surface area contributed by atoms with E-state index in [2.05, 4.69) is 10.3 Å². The number of non-ortho nitro benzene ring substituents is 1. The first-order valence-corrected chi connectivity index (χ1v) is 8.30. The number of carbonyl (C=O) groups is 1. The van der Waals surface area contributed by atoms with Crippen molar-refractivity contribution in [2.75, 3.05) is 13.2 Å². The van der Waals surface area contributed by atoms with Crippen molar-refractivity contribution in [3.63, 3.8) is 0 Å². The lowest BCUT2D eigenvalue weighted by atomic mass is 10.2. The van der Waals surface area contributed by atoms with Gasteiger partial charge in [-0.2, -0.15) is 0 Å². The Balaban J connectivity index is 1.75. The van der Waals surface area contributed by atoms with E-state index < -0.39 is 4.92 Å². The summed E-state index contributed by atoms with van der Waals surface area (Å²) in [6.45, 7) is 3.08. The maximum Gasteiger partial charge on any atom is 0.269 e. The highest BCUT2D eigenvalue weighted by Gasteiger charge is 2.08. The van der Waals surface area contributed by atoms with Crippen molar-refractivity contribution in [3.05, 3.63) is 58.3 Å². The van der Waals surface area contributed by atoms with Crippen LogP contribution in [0.15, 0.2) is 42.6 Å². The van der Waals surface area contributed by atoms with Crippen molar-refractivity contribution in [2.45, 2.75) is 26.3 Å². The molecule has 0 aliphatic carbocycles. The van der Waals surface area contributed by atoms with Crippen LogP contribution in [0.4, 0.5) is 5.69 Å². The molecule has 8 heteroatoms. The molecule has 1 amide bonds. The molecule has 1 heterocycles. The average Bonchev–Trinajstić information content (AvgIpc) is 2.65. The monoisotopic (exact) mass is 359 g/mol. The van der Waals surface area contributed by atoms with Gasteiger partial charge in [-0.15, -0.1) is 0 Å². The molecule has 0 fully saturated rings. The molecule has 1 aromatic heterocycles. The molecule has 0 aliphatic heterocycles. The summed E-state index contributed by atoms with van der Waals surface area (Å²) in [5.74, 6) is 0.833. The zero-order valence-corrected chi connectivity index (χ0v) is 14.5. The molecule has 1 aromatic carbocycles. The van der Waals surface area contributed by atoms with Gasteiger partial charge >= 0.3 is 0 Å². The lowest BCUT2D eigenvalue weighted by molar-refractivity contribution is -0.384. The quantitative estimate of drug-likeness (QED) is 0.517. The van der Waals surface area contributed by atoms with Gasteiger partial charge in [0.1, 0.15) is 5.75 Å². The number of ether oxygens (including phenoxy) is 2. The number of rotatable bonds is 10. The minimum absolute atomic E-state index is 0.00680. The van der Waals surface area contributed by atoms with E-state index in [1.165, 1.54) is 24.3 Å². The number of benzene rings is 1. The summed E-state index contributed by atoms with van der Waals surface area (Å²) in [5, 5.41) is 13.4. The van der Waals surface area contributed by atoms with Crippen LogP contribution in [0.1, 0.15) is 25.3 Å². The van der Waals surface area contributed by atoms with Gasteiger partial charge in [-0.3, -0.25) is 14.9 Å². The largest absolute Gasteiger partial charge is 0.493 e. The summed E-state index contributed by atoms with van der Waals surface area (Å²) >= 11 is 0. The van der Waals surface area contributed by atoms with Crippen LogP contribution >= 0.6 is 0 Å². The Hall–Kier alpha value is -3.16. The average molecular weight is 359 g/mol. The predicted octanol–water partition coefficient (Wildman–Crippen LogP) is 2.86. The van der Waals surface area contributed by atoms with E-state index >= 15 is 0 Å². The number of nitro groups is 1. The molecule has 0 unspecified atom stereocenters. The van der Waals surface area contributed by atoms with Gasteiger partial charge < -0.3 is 14.8 Å². The second-order valence-electron chi connectivity index (χ2n) is 5.44. The van der Waals surface area contributed by atoms with Gasteiger partial charge in [0.15, 0.2) is 0 Å². The third kappa shape index (κ3) is 6.04. The summed E-state index contributed by atoms with van der Waals surface area (Å²) in [4.78, 5) is 26.2. The van der Waals surface area contributed by atoms with E-state index in [0.29, 0.717) is 24.8 Å². The Labute approximate surface area is 151 Å². The normalized spacial score (nSPS) is 10.2. The Morgan fingerprint density at radius 2 is 1.96 bits per heavy atom. The van der Waals surface area contributed by atoms with Crippen LogP contribution in [0.2, 0.25) is 0 Å². The summed E-state index contributed by atoms with van der Waals surface area (Å²) in [5.41, 5.74) is 0.804. The van der Waals surface area contributed by atoms with Crippen molar-refractivity contribution in [1.29, 1.82) is 0 Å². The Bertz CT molecular complexity index is 734. The van der Waals surface area contributed by atoms with Crippen LogP contribution in [-0.2, 0) is 11.3 Å². The zero-order chi connectivity index (χ0) is 18.8. The molecular weight excluding hydrogens is 338 g/mol. The maximum atomic E-state index is 11.9. The first kappa shape index (κ1) is 19.2. The van der Waals surface area contributed by atoms with Gasteiger partial charge in [0.25, 0.3) is 5.69 Å². The number of hydrogen-bond donors (Lipinski definition) is 1. The summed E-state index contributed by atoms with van der Waals surface area (Å²) < 4.78 is 11.0. The number of nitro benzene ring substituents is 1. The second-order valence-corrected chi connectivity index (χ2v) is 5.44. The Morgan fingerprint density at radius 3 is 2.65 bits per heavy atom. The van der Waals surface area contributed by atoms with Crippen LogP contribution in [-0.4, -0.2) is 29.0 Å². The number of nitrogens with zero attached hydrogens (tertiary/aromatic N) is 2. The number of hydrogen-bond acceptors (Lipinski definition) is 6. The summed E-state index contributed by atoms with van der Waals surface area (Å²) in [7, 11) is 0. The predicted molar refractivity (Wildman–Crippen MR) is 95.1 cm³/mol. The van der Waals surface area contributed by atoms with Crippen molar-refractivity contribution in [3.8, 4) is 11.6 Å². The lowest BCUT2D eigenvalue weighted by Crippen LogP contribution is -2.24. The van der Waals surface area contributed by atoms with Gasteiger partial charge in [-0.25, -0.2) is 4.98 Å². The van der Waals surface area contributed by atoms with E-state index in [4.69, 9.17) is 9.47 Å². The van der Waals surface area contributed by atoms with Crippen LogP contribution < -0.4 is 14.8 Å². The molecule has 0 bridgehead atoms. The minimum Gasteiger partial charge on any atom is -0.493 e. The van der Waals surface area contributed by atoms with E-state index in [9.17, 15) is 14.9 Å². The van der Waals surface area contributed by atoms with Crippen LogP contribution in [0.3, 0.4) is 0 Å². The highest BCUT2D eigenvalue weighted by molar-refractivity contribution is 5.76. The van der Waals surface area contributed by atoms with E-state index in [1.54, 1.807) is 12.3 Å². The fourth-order valence-electron chi connectivity index (χ4n) is 2.10. The molecule has 0 aliphatic rings. The molecule has 26 heavy (non-hydrogen) atoms. The molecule has 0 radical (unpaired) electrons. The Morgan fingerprint density at radius 1 is 1.19 bits per heavy atom. The van der Waals surface area contributed by atoms with Crippen molar-refractivity contribution >= 4 is 11.6 Å². The smallest absolute Gasteiger partial charge is 0.269 e. The van der Waals surface area contributed by atoms with Gasteiger partial charge in [0, 0.05) is 30.4 Å². The lowest BCUT2D eigenvalue weighted by Gasteiger charge is -2.11. The second kappa shape index (κ2) is 9.97. The first-order chi connectivity index (χ1) is 12.6. The van der Waals surface area contributed by atoms with Crippen molar-refractivity contribution in [2.24, 2.45) is 0 Å². The van der Waals surface area contributed by atoms with Gasteiger partial charge in [-0.05, 0) is 24.6 Å². The van der Waals surface area contributed by atoms with E-state index in [-0.39, 0.29) is 24.6 Å². The number of aromatic nitrogens is 1. The number of pyridine rings is 1. The van der Waals surface area contributed by atoms with E-state index in [1.807, 2.05) is 13.0 Å². The highest BCUT2D eigenvalue weighted by Crippen LogP contribution is 2.17.